The third kappa shape index (κ3) is 4.22. The molecule has 1 heterocycles. The van der Waals surface area contributed by atoms with Crippen LogP contribution in [0.15, 0.2) is 54.6 Å². The first-order chi connectivity index (χ1) is 14.5. The van der Waals surface area contributed by atoms with Crippen LogP contribution in [-0.2, 0) is 22.6 Å². The van der Waals surface area contributed by atoms with E-state index in [2.05, 4.69) is 17.4 Å². The summed E-state index contributed by atoms with van der Waals surface area (Å²) in [5, 5.41) is 10.5. The summed E-state index contributed by atoms with van der Waals surface area (Å²) in [6.07, 6.45) is 4.08. The van der Waals surface area contributed by atoms with Gasteiger partial charge < -0.3 is 16.0 Å². The van der Waals surface area contributed by atoms with E-state index < -0.39 is 6.04 Å². The van der Waals surface area contributed by atoms with Crippen LogP contribution >= 0.6 is 0 Å². The van der Waals surface area contributed by atoms with Gasteiger partial charge in [0.05, 0.1) is 5.41 Å². The van der Waals surface area contributed by atoms with Crippen molar-refractivity contribution in [1.29, 1.82) is 5.41 Å². The van der Waals surface area contributed by atoms with E-state index in [4.69, 9.17) is 11.1 Å². The number of nitrogens with zero attached hydrogens (tertiary/aromatic N) is 1. The first-order valence-electron chi connectivity index (χ1n) is 10.5. The van der Waals surface area contributed by atoms with Gasteiger partial charge >= 0.3 is 0 Å². The fourth-order valence-corrected chi connectivity index (χ4v) is 4.35. The average Bonchev–Trinajstić information content (AvgIpc) is 3.37. The van der Waals surface area contributed by atoms with Gasteiger partial charge in [-0.15, -0.1) is 0 Å². The molecule has 6 heteroatoms. The van der Waals surface area contributed by atoms with Crippen molar-refractivity contribution in [3.05, 3.63) is 71.3 Å². The lowest BCUT2D eigenvalue weighted by Gasteiger charge is -2.28. The predicted molar refractivity (Wildman–Crippen MR) is 116 cm³/mol. The van der Waals surface area contributed by atoms with Gasteiger partial charge in [0.25, 0.3) is 0 Å². The van der Waals surface area contributed by atoms with Crippen molar-refractivity contribution < 1.29 is 9.59 Å². The van der Waals surface area contributed by atoms with Crippen molar-refractivity contribution in [2.24, 2.45) is 11.1 Å². The van der Waals surface area contributed by atoms with E-state index in [1.807, 2.05) is 30.3 Å². The van der Waals surface area contributed by atoms with Gasteiger partial charge in [-0.05, 0) is 49.3 Å². The van der Waals surface area contributed by atoms with Gasteiger partial charge in [0.1, 0.15) is 11.9 Å². The molecule has 1 saturated heterocycles. The molecular weight excluding hydrogens is 376 g/mol. The van der Waals surface area contributed by atoms with Crippen LogP contribution in [0.25, 0.3) is 0 Å². The molecule has 2 aliphatic rings. The second-order valence-corrected chi connectivity index (χ2v) is 8.43. The lowest BCUT2D eigenvalue weighted by molar-refractivity contribution is -0.142. The van der Waals surface area contributed by atoms with Crippen molar-refractivity contribution in [1.82, 2.24) is 10.2 Å². The number of rotatable bonds is 7. The Bertz CT molecular complexity index is 953. The minimum Gasteiger partial charge on any atom is -0.384 e. The first kappa shape index (κ1) is 20.1. The van der Waals surface area contributed by atoms with Gasteiger partial charge in [-0.1, -0.05) is 48.5 Å². The van der Waals surface area contributed by atoms with Crippen LogP contribution in [0.2, 0.25) is 0 Å². The van der Waals surface area contributed by atoms with Crippen molar-refractivity contribution in [3.8, 4) is 0 Å². The van der Waals surface area contributed by atoms with E-state index in [0.29, 0.717) is 25.1 Å². The Labute approximate surface area is 177 Å². The predicted octanol–water partition coefficient (Wildman–Crippen LogP) is 2.60. The summed E-state index contributed by atoms with van der Waals surface area (Å²) in [7, 11) is 0. The second-order valence-electron chi connectivity index (χ2n) is 8.43. The molecule has 0 aromatic heterocycles. The van der Waals surface area contributed by atoms with Crippen LogP contribution < -0.4 is 11.1 Å². The molecule has 0 bridgehead atoms. The topological polar surface area (TPSA) is 99.3 Å². The van der Waals surface area contributed by atoms with Crippen LogP contribution in [0.4, 0.5) is 0 Å². The van der Waals surface area contributed by atoms with Gasteiger partial charge in [0.2, 0.25) is 11.8 Å². The molecular formula is C24H28N4O2. The van der Waals surface area contributed by atoms with Crippen molar-refractivity contribution in [2.45, 2.75) is 44.7 Å². The molecule has 0 spiro atoms. The summed E-state index contributed by atoms with van der Waals surface area (Å²) < 4.78 is 0. The van der Waals surface area contributed by atoms with Crippen molar-refractivity contribution in [3.63, 3.8) is 0 Å². The SMILES string of the molecule is N=C(N)c1cccc(CNC(=O)C2CCCN2C(=O)C2(Cc3ccccc3)CC2)c1. The standard InChI is InChI=1S/C24H28N4O2/c25-21(26)19-9-4-8-18(14-19)16-27-22(29)20-10-5-13-28(20)23(30)24(11-12-24)15-17-6-2-1-3-7-17/h1-4,6-9,14,20H,5,10-13,15-16H2,(H3,25,26)(H,27,29). The maximum Gasteiger partial charge on any atom is 0.243 e. The van der Waals surface area contributed by atoms with Crippen molar-refractivity contribution in [2.75, 3.05) is 6.54 Å². The maximum absolute atomic E-state index is 13.4. The zero-order valence-corrected chi connectivity index (χ0v) is 17.1. The number of hydrogen-bond donors (Lipinski definition) is 3. The number of hydrogen-bond acceptors (Lipinski definition) is 3. The van der Waals surface area contributed by atoms with Crippen LogP contribution in [0.1, 0.15) is 42.4 Å². The lowest BCUT2D eigenvalue weighted by Crippen LogP contribution is -2.48. The Kier molecular flexibility index (Phi) is 5.57. The fourth-order valence-electron chi connectivity index (χ4n) is 4.35. The smallest absolute Gasteiger partial charge is 0.243 e. The van der Waals surface area contributed by atoms with Gasteiger partial charge in [-0.2, -0.15) is 0 Å². The molecule has 2 amide bonds. The highest BCUT2D eigenvalue weighted by Gasteiger charge is 2.53. The molecule has 1 unspecified atom stereocenters. The van der Waals surface area contributed by atoms with Gasteiger partial charge in [-0.25, -0.2) is 0 Å². The first-order valence-corrected chi connectivity index (χ1v) is 10.5. The summed E-state index contributed by atoms with van der Waals surface area (Å²) in [5.41, 5.74) is 7.90. The molecule has 1 saturated carbocycles. The summed E-state index contributed by atoms with van der Waals surface area (Å²) in [5.74, 6) is 0.0241. The summed E-state index contributed by atoms with van der Waals surface area (Å²) in [6, 6.07) is 17.0. The van der Waals surface area contributed by atoms with Crippen molar-refractivity contribution >= 4 is 17.6 Å². The minimum atomic E-state index is -0.401. The second kappa shape index (κ2) is 8.30. The zero-order valence-electron chi connectivity index (χ0n) is 17.1. The molecule has 6 nitrogen and oxygen atoms in total. The van der Waals surface area contributed by atoms with Gasteiger partial charge in [0, 0.05) is 18.7 Å². The fraction of sp³-hybridized carbons (Fsp3) is 0.375. The highest BCUT2D eigenvalue weighted by molar-refractivity contribution is 5.95. The molecule has 4 rings (SSSR count). The Morgan fingerprint density at radius 2 is 1.83 bits per heavy atom. The normalized spacial score (nSPS) is 19.3. The van der Waals surface area contributed by atoms with Crippen LogP contribution in [0.5, 0.6) is 0 Å². The number of carbonyl (C=O) groups is 2. The highest BCUT2D eigenvalue weighted by Crippen LogP contribution is 2.50. The van der Waals surface area contributed by atoms with Crippen LogP contribution in [-0.4, -0.2) is 35.1 Å². The number of amidine groups is 1. The van der Waals surface area contributed by atoms with E-state index in [0.717, 1.165) is 31.2 Å². The molecule has 2 aromatic carbocycles. The average molecular weight is 405 g/mol. The molecule has 4 N–H and O–H groups in total. The third-order valence-electron chi connectivity index (χ3n) is 6.21. The Morgan fingerprint density at radius 1 is 1.10 bits per heavy atom. The number of nitrogen functional groups attached to an aromatic ring is 1. The van der Waals surface area contributed by atoms with E-state index in [1.165, 1.54) is 5.56 Å². The summed E-state index contributed by atoms with van der Waals surface area (Å²) in [4.78, 5) is 28.0. The van der Waals surface area contributed by atoms with E-state index in [-0.39, 0.29) is 23.1 Å². The molecule has 156 valence electrons. The molecule has 2 aromatic rings. The molecule has 1 aliphatic carbocycles. The summed E-state index contributed by atoms with van der Waals surface area (Å²) >= 11 is 0. The lowest BCUT2D eigenvalue weighted by atomic mass is 9.94. The molecule has 30 heavy (non-hydrogen) atoms. The highest BCUT2D eigenvalue weighted by atomic mass is 16.2. The Balaban J connectivity index is 1.39. The Morgan fingerprint density at radius 3 is 2.53 bits per heavy atom. The Hall–Kier alpha value is -3.15. The van der Waals surface area contributed by atoms with E-state index in [1.54, 1.807) is 17.0 Å². The number of likely N-dealkylation sites (tertiary alicyclic amines) is 1. The molecule has 0 radical (unpaired) electrons. The number of carbonyl (C=O) groups excluding carboxylic acids is 2. The zero-order chi connectivity index (χ0) is 21.1. The van der Waals surface area contributed by atoms with Crippen LogP contribution in [0, 0.1) is 10.8 Å². The van der Waals surface area contributed by atoms with Crippen LogP contribution in [0.3, 0.4) is 0 Å². The van der Waals surface area contributed by atoms with E-state index in [9.17, 15) is 9.59 Å². The third-order valence-corrected chi connectivity index (χ3v) is 6.21. The number of nitrogens with two attached hydrogens (primary N) is 1. The monoisotopic (exact) mass is 404 g/mol. The maximum atomic E-state index is 13.4. The minimum absolute atomic E-state index is 0.00360. The number of amides is 2. The molecule has 1 atom stereocenters. The number of benzene rings is 2. The largest absolute Gasteiger partial charge is 0.384 e. The molecule has 2 fully saturated rings. The molecule has 1 aliphatic heterocycles. The summed E-state index contributed by atoms with van der Waals surface area (Å²) in [6.45, 7) is 1.00. The van der Waals surface area contributed by atoms with Gasteiger partial charge in [0.15, 0.2) is 0 Å². The number of nitrogens with one attached hydrogen (secondary N) is 2. The quantitative estimate of drug-likeness (QED) is 0.489. The van der Waals surface area contributed by atoms with E-state index >= 15 is 0 Å². The van der Waals surface area contributed by atoms with Gasteiger partial charge in [-0.3, -0.25) is 15.0 Å².